The van der Waals surface area contributed by atoms with Crippen LogP contribution in [0.5, 0.6) is 0 Å². The standard InChI is InChI=1S/C28H37N3O3/c1-3-4-6-11-26(32)31-21(2)18-23-12-13-24(19-25(23)27(31)28(33)34)30-16-14-29(15-17-30)20-22-9-7-5-8-10-22/h5,7-10,12-13,19,21,27H,3-4,6,11,14-18,20H2,1-2H3,(H,33,34)/t21-,27?/m0/s1. The van der Waals surface area contributed by atoms with Crippen molar-refractivity contribution in [3.8, 4) is 0 Å². The minimum Gasteiger partial charge on any atom is -0.479 e. The van der Waals surface area contributed by atoms with Crippen molar-refractivity contribution in [2.75, 3.05) is 31.1 Å². The largest absolute Gasteiger partial charge is 0.479 e. The molecule has 0 aromatic heterocycles. The molecule has 6 heteroatoms. The lowest BCUT2D eigenvalue weighted by Crippen LogP contribution is -2.49. The zero-order chi connectivity index (χ0) is 24.1. The number of fused-ring (bicyclic) bond motifs is 1. The van der Waals surface area contributed by atoms with Gasteiger partial charge in [-0.05, 0) is 48.6 Å². The molecule has 2 heterocycles. The Kier molecular flexibility index (Phi) is 7.88. The zero-order valence-electron chi connectivity index (χ0n) is 20.4. The minimum atomic E-state index is -0.943. The van der Waals surface area contributed by atoms with Crippen molar-refractivity contribution in [2.24, 2.45) is 0 Å². The number of carbonyl (C=O) groups excluding carboxylic acids is 1. The van der Waals surface area contributed by atoms with Crippen LogP contribution in [-0.2, 0) is 22.6 Å². The first-order valence-corrected chi connectivity index (χ1v) is 12.7. The third-order valence-corrected chi connectivity index (χ3v) is 7.19. The molecule has 4 rings (SSSR count). The van der Waals surface area contributed by atoms with E-state index < -0.39 is 12.0 Å². The minimum absolute atomic E-state index is 0.0427. The molecule has 1 amide bonds. The van der Waals surface area contributed by atoms with E-state index in [9.17, 15) is 14.7 Å². The van der Waals surface area contributed by atoms with E-state index >= 15 is 0 Å². The third-order valence-electron chi connectivity index (χ3n) is 7.19. The molecule has 0 saturated carbocycles. The van der Waals surface area contributed by atoms with Crippen molar-refractivity contribution >= 4 is 17.6 Å². The summed E-state index contributed by atoms with van der Waals surface area (Å²) >= 11 is 0. The van der Waals surface area contributed by atoms with Gasteiger partial charge in [0.2, 0.25) is 5.91 Å². The van der Waals surface area contributed by atoms with E-state index in [4.69, 9.17) is 0 Å². The van der Waals surface area contributed by atoms with Gasteiger partial charge in [-0.25, -0.2) is 4.79 Å². The Labute approximate surface area is 203 Å². The highest BCUT2D eigenvalue weighted by molar-refractivity contribution is 5.86. The fourth-order valence-corrected chi connectivity index (χ4v) is 5.34. The summed E-state index contributed by atoms with van der Waals surface area (Å²) in [6.45, 7) is 8.76. The fraction of sp³-hybridized carbons (Fsp3) is 0.500. The molecule has 0 spiro atoms. The van der Waals surface area contributed by atoms with Gasteiger partial charge in [0.15, 0.2) is 6.04 Å². The number of benzene rings is 2. The molecule has 2 aromatic rings. The zero-order valence-corrected chi connectivity index (χ0v) is 20.4. The highest BCUT2D eigenvalue weighted by Crippen LogP contribution is 2.36. The Bertz CT molecular complexity index is 986. The molecule has 6 nitrogen and oxygen atoms in total. The van der Waals surface area contributed by atoms with E-state index in [1.54, 1.807) is 4.90 Å². The number of carbonyl (C=O) groups is 2. The SMILES string of the molecule is CCCCCC(=O)N1C(C(=O)O)c2cc(N3CCN(Cc4ccccc4)CC3)ccc2C[C@@H]1C. The van der Waals surface area contributed by atoms with Crippen LogP contribution in [0.25, 0.3) is 0 Å². The number of amides is 1. The number of carboxylic acid groups (broad SMARTS) is 1. The first-order chi connectivity index (χ1) is 16.5. The van der Waals surface area contributed by atoms with Crippen molar-refractivity contribution in [1.29, 1.82) is 0 Å². The number of nitrogens with zero attached hydrogens (tertiary/aromatic N) is 3. The number of carboxylic acids is 1. The van der Waals surface area contributed by atoms with E-state index in [2.05, 4.69) is 53.1 Å². The highest BCUT2D eigenvalue weighted by Gasteiger charge is 2.39. The molecule has 182 valence electrons. The Balaban J connectivity index is 1.48. The number of hydrogen-bond acceptors (Lipinski definition) is 4. The van der Waals surface area contributed by atoms with Crippen LogP contribution < -0.4 is 4.90 Å². The third kappa shape index (κ3) is 5.44. The normalized spacial score (nSPS) is 20.8. The number of piperazine rings is 1. The summed E-state index contributed by atoms with van der Waals surface area (Å²) in [4.78, 5) is 31.9. The first kappa shape index (κ1) is 24.3. The van der Waals surface area contributed by atoms with Crippen LogP contribution >= 0.6 is 0 Å². The van der Waals surface area contributed by atoms with Gasteiger partial charge < -0.3 is 14.9 Å². The fourth-order valence-electron chi connectivity index (χ4n) is 5.34. The molecule has 1 unspecified atom stereocenters. The number of unbranched alkanes of at least 4 members (excludes halogenated alkanes) is 2. The smallest absolute Gasteiger partial charge is 0.331 e. The van der Waals surface area contributed by atoms with Gasteiger partial charge in [0.1, 0.15) is 0 Å². The van der Waals surface area contributed by atoms with Crippen LogP contribution in [0.2, 0.25) is 0 Å². The van der Waals surface area contributed by atoms with Gasteiger partial charge >= 0.3 is 5.97 Å². The van der Waals surface area contributed by atoms with E-state index in [1.807, 2.05) is 19.1 Å². The Morgan fingerprint density at radius 2 is 1.74 bits per heavy atom. The molecule has 0 bridgehead atoms. The molecule has 0 radical (unpaired) electrons. The summed E-state index contributed by atoms with van der Waals surface area (Å²) < 4.78 is 0. The topological polar surface area (TPSA) is 64.1 Å². The lowest BCUT2D eigenvalue weighted by atomic mass is 9.87. The van der Waals surface area contributed by atoms with E-state index in [0.717, 1.165) is 68.8 Å². The van der Waals surface area contributed by atoms with Gasteiger partial charge in [-0.15, -0.1) is 0 Å². The van der Waals surface area contributed by atoms with Crippen LogP contribution in [0.15, 0.2) is 48.5 Å². The Morgan fingerprint density at radius 1 is 1.00 bits per heavy atom. The molecule has 2 aliphatic rings. The molecule has 0 aliphatic carbocycles. The summed E-state index contributed by atoms with van der Waals surface area (Å²) in [6, 6.07) is 15.7. The summed E-state index contributed by atoms with van der Waals surface area (Å²) in [5.74, 6) is -0.986. The second-order valence-electron chi connectivity index (χ2n) is 9.68. The molecular formula is C28H37N3O3. The van der Waals surface area contributed by atoms with Crippen molar-refractivity contribution < 1.29 is 14.7 Å². The predicted octanol–water partition coefficient (Wildman–Crippen LogP) is 4.49. The van der Waals surface area contributed by atoms with Crippen LogP contribution in [-0.4, -0.2) is 59.0 Å². The lowest BCUT2D eigenvalue weighted by molar-refractivity contribution is -0.153. The van der Waals surface area contributed by atoms with Crippen molar-refractivity contribution in [2.45, 2.75) is 64.6 Å². The van der Waals surface area contributed by atoms with Gasteiger partial charge in [-0.2, -0.15) is 0 Å². The number of anilines is 1. The first-order valence-electron chi connectivity index (χ1n) is 12.7. The molecule has 1 N–H and O–H groups in total. The molecule has 2 atom stereocenters. The number of aliphatic carboxylic acids is 1. The van der Waals surface area contributed by atoms with Gasteiger partial charge in [-0.3, -0.25) is 9.69 Å². The maximum Gasteiger partial charge on any atom is 0.331 e. The van der Waals surface area contributed by atoms with Crippen molar-refractivity contribution in [3.63, 3.8) is 0 Å². The van der Waals surface area contributed by atoms with Crippen molar-refractivity contribution in [3.05, 3.63) is 65.2 Å². The van der Waals surface area contributed by atoms with E-state index in [1.165, 1.54) is 5.56 Å². The summed E-state index contributed by atoms with van der Waals surface area (Å²) in [5.41, 5.74) is 4.20. The number of hydrogen-bond donors (Lipinski definition) is 1. The Morgan fingerprint density at radius 3 is 2.41 bits per heavy atom. The summed E-state index contributed by atoms with van der Waals surface area (Å²) in [5, 5.41) is 10.2. The van der Waals surface area contributed by atoms with Crippen LogP contribution in [0.4, 0.5) is 5.69 Å². The quantitative estimate of drug-likeness (QED) is 0.585. The second kappa shape index (κ2) is 11.0. The maximum absolute atomic E-state index is 13.0. The predicted molar refractivity (Wildman–Crippen MR) is 135 cm³/mol. The van der Waals surface area contributed by atoms with Crippen LogP contribution in [0.3, 0.4) is 0 Å². The highest BCUT2D eigenvalue weighted by atomic mass is 16.4. The van der Waals surface area contributed by atoms with Crippen LogP contribution in [0.1, 0.15) is 62.3 Å². The van der Waals surface area contributed by atoms with Gasteiger partial charge in [0.05, 0.1) is 0 Å². The van der Waals surface area contributed by atoms with Crippen molar-refractivity contribution in [1.82, 2.24) is 9.80 Å². The van der Waals surface area contributed by atoms with E-state index in [0.29, 0.717) is 12.8 Å². The van der Waals surface area contributed by atoms with Crippen LogP contribution in [0, 0.1) is 0 Å². The van der Waals surface area contributed by atoms with Gasteiger partial charge in [0, 0.05) is 50.9 Å². The molecule has 1 saturated heterocycles. The molecule has 34 heavy (non-hydrogen) atoms. The molecule has 2 aromatic carbocycles. The maximum atomic E-state index is 13.0. The Hall–Kier alpha value is -2.86. The van der Waals surface area contributed by atoms with E-state index in [-0.39, 0.29) is 11.9 Å². The summed E-state index contributed by atoms with van der Waals surface area (Å²) in [6.07, 6.45) is 3.95. The van der Waals surface area contributed by atoms with Gasteiger partial charge in [-0.1, -0.05) is 56.2 Å². The molecule has 1 fully saturated rings. The number of rotatable bonds is 8. The monoisotopic (exact) mass is 463 g/mol. The molecular weight excluding hydrogens is 426 g/mol. The van der Waals surface area contributed by atoms with Gasteiger partial charge in [0.25, 0.3) is 0 Å². The average molecular weight is 464 g/mol. The summed E-state index contributed by atoms with van der Waals surface area (Å²) in [7, 11) is 0. The molecule has 2 aliphatic heterocycles. The average Bonchev–Trinajstić information content (AvgIpc) is 2.84. The second-order valence-corrected chi connectivity index (χ2v) is 9.68. The lowest BCUT2D eigenvalue weighted by Gasteiger charge is -2.41.